The molecule has 1 amide bonds. The second kappa shape index (κ2) is 21.0. The lowest BCUT2D eigenvalue weighted by atomic mass is 9.59. The average molecular weight is 1030 g/mol. The highest BCUT2D eigenvalue weighted by Gasteiger charge is 2.50. The van der Waals surface area contributed by atoms with Crippen LogP contribution in [-0.2, 0) is 16.6 Å². The van der Waals surface area contributed by atoms with Gasteiger partial charge in [0.25, 0.3) is 21.6 Å². The molecule has 0 radical (unpaired) electrons. The van der Waals surface area contributed by atoms with Crippen LogP contribution >= 0.6 is 0 Å². The van der Waals surface area contributed by atoms with Crippen molar-refractivity contribution in [2.45, 2.75) is 107 Å². The summed E-state index contributed by atoms with van der Waals surface area (Å²) in [7, 11) is -2.92. The van der Waals surface area contributed by atoms with Crippen LogP contribution in [0.2, 0.25) is 0 Å². The Bertz CT molecular complexity index is 3100. The molecule has 4 N–H and O–H groups in total. The number of nitrogens with zero attached hydrogens (tertiary/aromatic N) is 6. The number of aliphatic hydroxyl groups is 1. The Hall–Kier alpha value is -6.60. The number of hydrogen-bond acceptors (Lipinski definition) is 14. The summed E-state index contributed by atoms with van der Waals surface area (Å²) in [4.78, 5) is 45.0. The first-order valence-corrected chi connectivity index (χ1v) is 27.4. The van der Waals surface area contributed by atoms with E-state index in [4.69, 9.17) is 14.5 Å². The number of ether oxygens (including phenoxy) is 2. The van der Waals surface area contributed by atoms with Crippen LogP contribution in [0, 0.1) is 21.4 Å². The van der Waals surface area contributed by atoms with Crippen molar-refractivity contribution in [1.82, 2.24) is 29.5 Å². The number of piperazine rings is 1. The summed E-state index contributed by atoms with van der Waals surface area (Å²) < 4.78 is 41.6. The summed E-state index contributed by atoms with van der Waals surface area (Å²) in [5.41, 5.74) is 3.83. The molecule has 2 aliphatic carbocycles. The Labute approximate surface area is 432 Å². The van der Waals surface area contributed by atoms with Crippen LogP contribution in [0.5, 0.6) is 17.2 Å². The van der Waals surface area contributed by atoms with Crippen molar-refractivity contribution in [3.05, 3.63) is 136 Å². The zero-order chi connectivity index (χ0) is 51.8. The molecule has 10 rings (SSSR count). The number of carbonyl (C=O) groups excluding carboxylic acids is 1. The van der Waals surface area contributed by atoms with Crippen LogP contribution in [0.15, 0.2) is 108 Å². The van der Waals surface area contributed by atoms with Crippen LogP contribution in [-0.4, -0.2) is 107 Å². The van der Waals surface area contributed by atoms with Gasteiger partial charge in [0.05, 0.1) is 28.7 Å². The predicted octanol–water partition coefficient (Wildman–Crippen LogP) is 9.57. The van der Waals surface area contributed by atoms with E-state index in [9.17, 15) is 28.4 Å². The van der Waals surface area contributed by atoms with Gasteiger partial charge in [-0.2, -0.15) is 0 Å². The Morgan fingerprint density at radius 3 is 2.42 bits per heavy atom. The molecule has 17 nitrogen and oxygen atoms in total. The third-order valence-corrected chi connectivity index (χ3v) is 17.5. The van der Waals surface area contributed by atoms with Crippen molar-refractivity contribution >= 4 is 44.2 Å². The molecule has 1 spiro atoms. The van der Waals surface area contributed by atoms with Gasteiger partial charge in [-0.25, -0.2) is 23.1 Å². The topological polar surface area (TPSA) is 208 Å². The Morgan fingerprint density at radius 1 is 0.932 bits per heavy atom. The molecule has 1 atom stereocenters. The Kier molecular flexibility index (Phi) is 14.4. The van der Waals surface area contributed by atoms with Gasteiger partial charge in [0, 0.05) is 87.8 Å². The fourth-order valence-corrected chi connectivity index (χ4v) is 12.7. The number of H-pyrrole nitrogens is 1. The molecule has 74 heavy (non-hydrogen) atoms. The van der Waals surface area contributed by atoms with Gasteiger partial charge in [-0.1, -0.05) is 50.2 Å². The van der Waals surface area contributed by atoms with E-state index >= 15 is 0 Å². The number of aromatic nitrogens is 3. The fourth-order valence-electron chi connectivity index (χ4n) is 11.8. The highest BCUT2D eigenvalue weighted by Crippen LogP contribution is 2.53. The first-order valence-electron chi connectivity index (χ1n) is 25.9. The number of piperidine rings is 1. The number of nitro benzene ring substituents is 1. The molecule has 6 aromatic rings. The zero-order valence-corrected chi connectivity index (χ0v) is 43.4. The van der Waals surface area contributed by atoms with E-state index in [0.717, 1.165) is 95.0 Å². The monoisotopic (exact) mass is 1030 g/mol. The summed E-state index contributed by atoms with van der Waals surface area (Å²) in [6.45, 7) is 12.1. The largest absolute Gasteiger partial charge is 0.497 e. The van der Waals surface area contributed by atoms with Gasteiger partial charge in [0.15, 0.2) is 0 Å². The standard InChI is InChI=1S/C56H67N9O8S/c1-37(2)45-7-5-6-8-46(45)50-36-62(35-39-9-11-42(72-4)12-10-39)25-26-64(50)41-30-56(31-41)20-23-63(24-21-56)52-29-51(73-43-27-40-17-22-57-53(40)60-33-43)47(34-59-52)54(66)61-74(70,71)44-13-14-48(49(28-44)65(68)69)58-32-38-15-18-55(3,67)19-16-38/h5-14,17,22,27-29,33-34,37-38,41,50,58,67H,15-16,18-21,23-26,30-32,35-36H2,1-4H3,(H,57,60)(H,61,66). The smallest absolute Gasteiger partial charge is 0.293 e. The highest BCUT2D eigenvalue weighted by atomic mass is 32.2. The van der Waals surface area contributed by atoms with Gasteiger partial charge in [-0.05, 0) is 129 Å². The van der Waals surface area contributed by atoms with Crippen LogP contribution in [0.4, 0.5) is 17.2 Å². The number of amides is 1. The van der Waals surface area contributed by atoms with E-state index in [0.29, 0.717) is 48.6 Å². The summed E-state index contributed by atoms with van der Waals surface area (Å²) >= 11 is 0. The maximum atomic E-state index is 14.1. The number of sulfonamides is 1. The van der Waals surface area contributed by atoms with Gasteiger partial charge in [0.2, 0.25) is 0 Å². The van der Waals surface area contributed by atoms with Crippen molar-refractivity contribution < 1.29 is 32.7 Å². The molecule has 2 saturated heterocycles. The lowest BCUT2D eigenvalue weighted by Gasteiger charge is -2.58. The third kappa shape index (κ3) is 11.1. The Balaban J connectivity index is 0.830. The van der Waals surface area contributed by atoms with Crippen LogP contribution in [0.3, 0.4) is 0 Å². The second-order valence-corrected chi connectivity index (χ2v) is 23.3. The number of hydrogen-bond donors (Lipinski definition) is 4. The number of fused-ring (bicyclic) bond motifs is 1. The van der Waals surface area contributed by atoms with Crippen LogP contribution < -0.4 is 24.4 Å². The van der Waals surface area contributed by atoms with Crippen molar-refractivity contribution in [3.63, 3.8) is 0 Å². The van der Waals surface area contributed by atoms with Crippen LogP contribution in [0.1, 0.15) is 111 Å². The molecule has 2 aliphatic heterocycles. The maximum absolute atomic E-state index is 14.1. The van der Waals surface area contributed by atoms with E-state index in [-0.39, 0.29) is 34.4 Å². The van der Waals surface area contributed by atoms with Crippen molar-refractivity contribution in [2.24, 2.45) is 11.3 Å². The molecule has 1 unspecified atom stereocenters. The molecule has 4 fully saturated rings. The lowest BCUT2D eigenvalue weighted by Crippen LogP contribution is -2.60. The minimum absolute atomic E-state index is 0.0805. The second-order valence-electron chi connectivity index (χ2n) is 21.6. The lowest BCUT2D eigenvalue weighted by molar-refractivity contribution is -0.384. The van der Waals surface area contributed by atoms with E-state index < -0.39 is 37.0 Å². The summed E-state index contributed by atoms with van der Waals surface area (Å²) in [6.07, 6.45) is 11.6. The van der Waals surface area contributed by atoms with Crippen LogP contribution in [0.25, 0.3) is 11.0 Å². The molecule has 3 aromatic heterocycles. The number of anilines is 2. The SMILES string of the molecule is COc1ccc(CN2CCN(C3CC4(CCN(c5cc(Oc6cnc7[nH]ccc7c6)c(C(=O)NS(=O)(=O)c6ccc(NCC7CCC(C)(O)CC7)c([N+](=O)[O-])c6)cn5)CC4)C3)C(c3ccccc3C(C)C)C2)cc1. The van der Waals surface area contributed by atoms with E-state index in [1.165, 1.54) is 41.2 Å². The van der Waals surface area contributed by atoms with Gasteiger partial charge >= 0.3 is 0 Å². The number of aromatic amines is 1. The molecule has 2 saturated carbocycles. The van der Waals surface area contributed by atoms with Crippen molar-refractivity contribution in [2.75, 3.05) is 56.6 Å². The Morgan fingerprint density at radius 2 is 1.69 bits per heavy atom. The van der Waals surface area contributed by atoms with E-state index in [1.54, 1.807) is 25.4 Å². The predicted molar refractivity (Wildman–Crippen MR) is 284 cm³/mol. The molecule has 3 aromatic carbocycles. The third-order valence-electron chi connectivity index (χ3n) is 16.2. The number of nitrogens with one attached hydrogen (secondary N) is 3. The minimum Gasteiger partial charge on any atom is -0.497 e. The molecular formula is C56H67N9O8S. The highest BCUT2D eigenvalue weighted by molar-refractivity contribution is 7.90. The zero-order valence-electron chi connectivity index (χ0n) is 42.6. The molecule has 390 valence electrons. The van der Waals surface area contributed by atoms with Gasteiger partial charge in [0.1, 0.15) is 40.0 Å². The fraction of sp³-hybridized carbons (Fsp3) is 0.446. The number of pyridine rings is 2. The first-order chi connectivity index (χ1) is 35.5. The number of carbonyl (C=O) groups is 1. The number of nitro groups is 1. The molecular weight excluding hydrogens is 959 g/mol. The van der Waals surface area contributed by atoms with E-state index in [2.05, 4.69) is 85.0 Å². The summed E-state index contributed by atoms with van der Waals surface area (Å²) in [5, 5.41) is 26.5. The number of methoxy groups -OCH3 is 1. The van der Waals surface area contributed by atoms with Gasteiger partial charge in [-0.15, -0.1) is 0 Å². The summed E-state index contributed by atoms with van der Waals surface area (Å²) in [6, 6.07) is 27.0. The average Bonchev–Trinajstić information content (AvgIpc) is 3.86. The minimum atomic E-state index is -4.62. The molecule has 4 aliphatic rings. The van der Waals surface area contributed by atoms with Gasteiger partial charge in [-0.3, -0.25) is 24.7 Å². The van der Waals surface area contributed by atoms with Crippen molar-refractivity contribution in [3.8, 4) is 17.2 Å². The van der Waals surface area contributed by atoms with Crippen molar-refractivity contribution in [1.29, 1.82) is 0 Å². The normalized spacial score (nSPS) is 21.6. The van der Waals surface area contributed by atoms with Gasteiger partial charge < -0.3 is 29.8 Å². The maximum Gasteiger partial charge on any atom is 0.293 e. The van der Waals surface area contributed by atoms with E-state index in [1.807, 2.05) is 25.1 Å². The molecule has 0 bridgehead atoms. The number of rotatable bonds is 16. The number of benzene rings is 3. The molecule has 5 heterocycles. The first kappa shape index (κ1) is 50.9. The quantitative estimate of drug-likeness (QED) is 0.0526. The molecule has 18 heteroatoms. The summed E-state index contributed by atoms with van der Waals surface area (Å²) in [5.74, 6) is 1.46.